The Labute approximate surface area is 128 Å². The third kappa shape index (κ3) is 11.4. The lowest BCUT2D eigenvalue weighted by Crippen LogP contribution is -2.51. The third-order valence-corrected chi connectivity index (χ3v) is 3.88. The minimum atomic E-state index is -4.41. The van der Waals surface area contributed by atoms with Gasteiger partial charge in [0, 0.05) is 5.57 Å². The second-order valence-electron chi connectivity index (χ2n) is 4.63. The van der Waals surface area contributed by atoms with Gasteiger partial charge in [0.25, 0.3) is 0 Å². The van der Waals surface area contributed by atoms with Crippen LogP contribution in [0.2, 0.25) is 0 Å². The summed E-state index contributed by atoms with van der Waals surface area (Å²) in [6.45, 7) is 17.1. The molecule has 0 atom stereocenters. The van der Waals surface area contributed by atoms with Crippen molar-refractivity contribution in [1.82, 2.24) is 5.32 Å². The molecule has 0 aliphatic heterocycles. The molecule has 21 heavy (non-hydrogen) atoms. The summed E-state index contributed by atoms with van der Waals surface area (Å²) >= 11 is 0. The molecule has 0 fully saturated rings. The molecule has 0 heterocycles. The Morgan fingerprint density at radius 2 is 1.62 bits per heavy atom. The van der Waals surface area contributed by atoms with Gasteiger partial charge in [0.05, 0.1) is 39.8 Å². The first-order valence-corrected chi connectivity index (χ1v) is 8.21. The molecule has 0 saturated heterocycles. The molecule has 0 unspecified atom stereocenters. The van der Waals surface area contributed by atoms with E-state index in [2.05, 4.69) is 36.9 Å². The van der Waals surface area contributed by atoms with Gasteiger partial charge < -0.3 is 14.4 Å². The average molecular weight is 324 g/mol. The summed E-state index contributed by atoms with van der Waals surface area (Å²) < 4.78 is 32.1. The topological polar surface area (TPSA) is 95.5 Å². The molecule has 0 aliphatic rings. The van der Waals surface area contributed by atoms with Gasteiger partial charge in [0.2, 0.25) is 16.3 Å². The molecular formula is C13H28N2O5S. The van der Waals surface area contributed by atoms with Crippen molar-refractivity contribution in [1.29, 1.82) is 0 Å². The Morgan fingerprint density at radius 1 is 1.24 bits per heavy atom. The van der Waals surface area contributed by atoms with Crippen LogP contribution in [0.1, 0.15) is 27.7 Å². The normalized spacial score (nSPS) is 11.3. The Balaban J connectivity index is 0. The smallest absolute Gasteiger partial charge is 0.246 e. The maximum absolute atomic E-state index is 11.3. The van der Waals surface area contributed by atoms with Gasteiger partial charge in [-0.15, -0.1) is 0 Å². The number of amides is 1. The number of quaternary nitrogens is 1. The number of hydrogen-bond donors (Lipinski definition) is 1. The van der Waals surface area contributed by atoms with E-state index in [-0.39, 0.29) is 5.91 Å². The van der Waals surface area contributed by atoms with E-state index in [4.69, 9.17) is 0 Å². The second kappa shape index (κ2) is 10.7. The van der Waals surface area contributed by atoms with E-state index in [1.54, 1.807) is 6.92 Å². The third-order valence-electron chi connectivity index (χ3n) is 3.48. The molecule has 0 aromatic carbocycles. The lowest BCUT2D eigenvalue weighted by atomic mass is 10.3. The Kier molecular flexibility index (Phi) is 11.4. The van der Waals surface area contributed by atoms with Gasteiger partial charge in [-0.05, 0) is 27.7 Å². The van der Waals surface area contributed by atoms with E-state index in [0.29, 0.717) is 5.57 Å². The summed E-state index contributed by atoms with van der Waals surface area (Å²) in [5.74, 6) is -0.0311. The molecule has 126 valence electrons. The van der Waals surface area contributed by atoms with Gasteiger partial charge in [-0.1, -0.05) is 6.58 Å². The molecule has 1 amide bonds. The van der Waals surface area contributed by atoms with Crippen molar-refractivity contribution in [3.05, 3.63) is 12.2 Å². The summed E-state index contributed by atoms with van der Waals surface area (Å²) in [5.41, 5.74) is 0.581. The fourth-order valence-electron chi connectivity index (χ4n) is 1.70. The zero-order valence-electron chi connectivity index (χ0n) is 13.6. The van der Waals surface area contributed by atoms with Gasteiger partial charge in [-0.3, -0.25) is 8.98 Å². The van der Waals surface area contributed by atoms with E-state index in [9.17, 15) is 17.8 Å². The predicted molar refractivity (Wildman–Crippen MR) is 81.3 cm³/mol. The molecule has 1 N–H and O–H groups in total. The van der Waals surface area contributed by atoms with Crippen LogP contribution in [-0.4, -0.2) is 63.2 Å². The lowest BCUT2D eigenvalue weighted by Gasteiger charge is -2.35. The van der Waals surface area contributed by atoms with Crippen LogP contribution < -0.4 is 5.32 Å². The first kappa shape index (κ1) is 22.3. The van der Waals surface area contributed by atoms with Crippen LogP contribution in [0.25, 0.3) is 0 Å². The molecule has 7 nitrogen and oxygen atoms in total. The van der Waals surface area contributed by atoms with E-state index < -0.39 is 10.4 Å². The highest BCUT2D eigenvalue weighted by Gasteiger charge is 2.20. The largest absolute Gasteiger partial charge is 0.726 e. The highest BCUT2D eigenvalue weighted by atomic mass is 32.3. The molecule has 0 aromatic heterocycles. The lowest BCUT2D eigenvalue weighted by molar-refractivity contribution is -0.922. The standard InChI is InChI=1S/C12H24N2O.CH4O4S/c1-6-14(7-2,8-3)10-9-13-12(15)11(4)5;1-5-6(2,3)4/h4,6-10H2,1-3,5H3;1H3,(H,2,3,4). The number of carbonyl (C=O) groups is 1. The number of nitrogens with zero attached hydrogens (tertiary/aromatic N) is 1. The zero-order valence-corrected chi connectivity index (χ0v) is 14.5. The van der Waals surface area contributed by atoms with Crippen molar-refractivity contribution in [2.45, 2.75) is 27.7 Å². The highest BCUT2D eigenvalue weighted by molar-refractivity contribution is 7.80. The van der Waals surface area contributed by atoms with Gasteiger partial charge >= 0.3 is 0 Å². The number of likely N-dealkylation sites (N-methyl/N-ethyl adjacent to an activating group) is 1. The first-order chi connectivity index (χ1) is 9.57. The van der Waals surface area contributed by atoms with E-state index in [1.807, 2.05) is 0 Å². The molecule has 0 saturated carbocycles. The van der Waals surface area contributed by atoms with Crippen LogP contribution >= 0.6 is 0 Å². The summed E-state index contributed by atoms with van der Waals surface area (Å²) in [5, 5.41) is 2.89. The molecule has 8 heteroatoms. The fraction of sp³-hybridized carbons (Fsp3) is 0.769. The number of rotatable bonds is 8. The minimum Gasteiger partial charge on any atom is -0.726 e. The SMILES string of the molecule is C=C(C)C(=O)NCC[N+](CC)(CC)CC.COS(=O)(=O)[O-]. The van der Waals surface area contributed by atoms with Crippen molar-refractivity contribution in [2.24, 2.45) is 0 Å². The average Bonchev–Trinajstić information content (AvgIpc) is 2.43. The zero-order chi connectivity index (χ0) is 17.1. The van der Waals surface area contributed by atoms with E-state index in [1.165, 1.54) is 0 Å². The van der Waals surface area contributed by atoms with E-state index >= 15 is 0 Å². The van der Waals surface area contributed by atoms with Crippen molar-refractivity contribution in [3.63, 3.8) is 0 Å². The molecule has 0 aliphatic carbocycles. The van der Waals surface area contributed by atoms with Crippen LogP contribution in [-0.2, 0) is 19.4 Å². The van der Waals surface area contributed by atoms with Gasteiger partial charge in [0.1, 0.15) is 0 Å². The first-order valence-electron chi connectivity index (χ1n) is 6.87. The van der Waals surface area contributed by atoms with Crippen molar-refractivity contribution < 1.29 is 26.4 Å². The number of hydrogen-bond acceptors (Lipinski definition) is 5. The minimum absolute atomic E-state index is 0.0311. The monoisotopic (exact) mass is 324 g/mol. The van der Waals surface area contributed by atoms with Crippen LogP contribution in [0, 0.1) is 0 Å². The molecule has 0 aromatic rings. The van der Waals surface area contributed by atoms with Gasteiger partial charge in [-0.25, -0.2) is 8.42 Å². The number of nitrogens with one attached hydrogen (secondary N) is 1. The van der Waals surface area contributed by atoms with Crippen LogP contribution in [0.15, 0.2) is 12.2 Å². The van der Waals surface area contributed by atoms with Gasteiger partial charge in [-0.2, -0.15) is 0 Å². The van der Waals surface area contributed by atoms with E-state index in [0.717, 1.165) is 44.3 Å². The fourth-order valence-corrected chi connectivity index (χ4v) is 1.70. The maximum atomic E-state index is 11.3. The maximum Gasteiger partial charge on any atom is 0.246 e. The van der Waals surface area contributed by atoms with Crippen LogP contribution in [0.3, 0.4) is 0 Å². The summed E-state index contributed by atoms with van der Waals surface area (Å²) in [7, 11) is -3.60. The predicted octanol–water partition coefficient (Wildman–Crippen LogP) is 0.648. The number of carbonyl (C=O) groups excluding carboxylic acids is 1. The molecule has 0 bridgehead atoms. The van der Waals surface area contributed by atoms with Crippen LogP contribution in [0.5, 0.6) is 0 Å². The van der Waals surface area contributed by atoms with Crippen molar-refractivity contribution in [3.8, 4) is 0 Å². The van der Waals surface area contributed by atoms with Crippen molar-refractivity contribution in [2.75, 3.05) is 39.8 Å². The summed E-state index contributed by atoms with van der Waals surface area (Å²) in [4.78, 5) is 11.3. The van der Waals surface area contributed by atoms with Crippen molar-refractivity contribution >= 4 is 16.3 Å². The molecule has 0 radical (unpaired) electrons. The molecule has 0 spiro atoms. The molecular weight excluding hydrogens is 296 g/mol. The Morgan fingerprint density at radius 3 is 1.86 bits per heavy atom. The van der Waals surface area contributed by atoms with Gasteiger partial charge in [0.15, 0.2) is 0 Å². The highest BCUT2D eigenvalue weighted by Crippen LogP contribution is 2.04. The summed E-state index contributed by atoms with van der Waals surface area (Å²) in [6, 6.07) is 0. The quantitative estimate of drug-likeness (QED) is 0.306. The summed E-state index contributed by atoms with van der Waals surface area (Å²) in [6.07, 6.45) is 0. The Bertz CT molecular complexity index is 408. The Hall–Kier alpha value is -0.960. The van der Waals surface area contributed by atoms with Crippen LogP contribution in [0.4, 0.5) is 0 Å². The molecule has 0 rings (SSSR count). The second-order valence-corrected chi connectivity index (χ2v) is 5.77.